The molecule has 5 rings (SSSR count). The summed E-state index contributed by atoms with van der Waals surface area (Å²) in [5, 5.41) is 9.40. The molecule has 0 radical (unpaired) electrons. The normalized spacial score (nSPS) is 15.6. The number of benzene rings is 1. The zero-order chi connectivity index (χ0) is 24.7. The lowest BCUT2D eigenvalue weighted by Gasteiger charge is -2.16. The molecule has 0 aliphatic heterocycles. The molecule has 7 nitrogen and oxygen atoms in total. The largest absolute Gasteiger partial charge is 0.299 e. The molecule has 35 heavy (non-hydrogen) atoms. The summed E-state index contributed by atoms with van der Waals surface area (Å²) in [6.45, 7) is 7.81. The van der Waals surface area contributed by atoms with Crippen LogP contribution >= 0.6 is 0 Å². The lowest BCUT2D eigenvalue weighted by molar-refractivity contribution is -0.124. The van der Waals surface area contributed by atoms with Crippen molar-refractivity contribution >= 4 is 11.4 Å². The third kappa shape index (κ3) is 4.91. The first kappa shape index (κ1) is 23.4. The van der Waals surface area contributed by atoms with Gasteiger partial charge in [-0.3, -0.25) is 14.4 Å². The van der Waals surface area contributed by atoms with E-state index in [2.05, 4.69) is 67.3 Å². The van der Waals surface area contributed by atoms with Crippen LogP contribution in [0.3, 0.4) is 0 Å². The fraction of sp³-hybridized carbons (Fsp3) is 0.429. The van der Waals surface area contributed by atoms with Crippen LogP contribution in [0.2, 0.25) is 0 Å². The highest BCUT2D eigenvalue weighted by Crippen LogP contribution is 2.36. The molecule has 0 amide bonds. The molecular weight excluding hydrogens is 436 g/mol. The second-order valence-electron chi connectivity index (χ2n) is 10.2. The van der Waals surface area contributed by atoms with Crippen molar-refractivity contribution in [1.82, 2.24) is 29.3 Å². The topological polar surface area (TPSA) is 68.3 Å². The Bertz CT molecular complexity index is 1330. The van der Waals surface area contributed by atoms with Crippen LogP contribution in [0.15, 0.2) is 48.5 Å². The number of pyridine rings is 1. The number of hydrogen-bond donors (Lipinski definition) is 0. The molecule has 2 atom stereocenters. The van der Waals surface area contributed by atoms with Gasteiger partial charge in [0.25, 0.3) is 0 Å². The van der Waals surface area contributed by atoms with Crippen molar-refractivity contribution in [2.75, 3.05) is 7.05 Å². The van der Waals surface area contributed by atoms with E-state index in [1.807, 2.05) is 35.3 Å². The standard InChI is InChI=1S/C28H34N6O/c1-18-15-24(30-33(18)5)17-32(4)16-21-9-11-22(12-10-21)25-7-6-8-26-29-28(31-34(25)26)20(3)19(2)27(35)23-13-14-23/h6-12,15,19-20,23H,13-14,16-17H2,1-5H3. The van der Waals surface area contributed by atoms with E-state index in [0.717, 1.165) is 54.4 Å². The predicted molar refractivity (Wildman–Crippen MR) is 137 cm³/mol. The summed E-state index contributed by atoms with van der Waals surface area (Å²) in [6.07, 6.45) is 2.07. The zero-order valence-corrected chi connectivity index (χ0v) is 21.3. The average molecular weight is 471 g/mol. The van der Waals surface area contributed by atoms with Gasteiger partial charge >= 0.3 is 0 Å². The van der Waals surface area contributed by atoms with E-state index in [-0.39, 0.29) is 17.8 Å². The first-order valence-electron chi connectivity index (χ1n) is 12.5. The summed E-state index contributed by atoms with van der Waals surface area (Å²) in [7, 11) is 4.09. The molecule has 4 aromatic rings. The maximum atomic E-state index is 12.6. The van der Waals surface area contributed by atoms with E-state index in [1.54, 1.807) is 0 Å². The summed E-state index contributed by atoms with van der Waals surface area (Å²) in [4.78, 5) is 19.6. The molecule has 0 N–H and O–H groups in total. The SMILES string of the molecule is Cc1cc(CN(C)Cc2ccc(-c3cccc4nc(C(C)C(C)C(=O)C5CC5)nn34)cc2)nn1C. The van der Waals surface area contributed by atoms with Crippen molar-refractivity contribution in [3.8, 4) is 11.3 Å². The number of carbonyl (C=O) groups is 1. The molecule has 1 aliphatic carbocycles. The van der Waals surface area contributed by atoms with Crippen LogP contribution in [-0.2, 0) is 24.9 Å². The number of rotatable bonds is 9. The van der Waals surface area contributed by atoms with Gasteiger partial charge < -0.3 is 0 Å². The lowest BCUT2D eigenvalue weighted by Crippen LogP contribution is -2.20. The van der Waals surface area contributed by atoms with Gasteiger partial charge in [-0.2, -0.15) is 10.2 Å². The Balaban J connectivity index is 1.32. The number of aryl methyl sites for hydroxylation is 2. The molecule has 0 spiro atoms. The van der Waals surface area contributed by atoms with Crippen LogP contribution in [0.5, 0.6) is 0 Å². The number of fused-ring (bicyclic) bond motifs is 1. The molecule has 1 aliphatic rings. The van der Waals surface area contributed by atoms with Gasteiger partial charge in [-0.15, -0.1) is 0 Å². The Morgan fingerprint density at radius 1 is 1.09 bits per heavy atom. The van der Waals surface area contributed by atoms with Gasteiger partial charge in [-0.1, -0.05) is 44.2 Å². The minimum Gasteiger partial charge on any atom is -0.299 e. The number of hydrogen-bond acceptors (Lipinski definition) is 5. The molecule has 7 heteroatoms. The summed E-state index contributed by atoms with van der Waals surface area (Å²) >= 11 is 0. The van der Waals surface area contributed by atoms with E-state index in [0.29, 0.717) is 5.78 Å². The molecule has 1 aromatic carbocycles. The Morgan fingerprint density at radius 3 is 2.49 bits per heavy atom. The van der Waals surface area contributed by atoms with Crippen LogP contribution in [0.25, 0.3) is 16.9 Å². The van der Waals surface area contributed by atoms with Gasteiger partial charge in [0.1, 0.15) is 5.78 Å². The summed E-state index contributed by atoms with van der Waals surface area (Å²) in [6, 6.07) is 16.8. The van der Waals surface area contributed by atoms with Crippen LogP contribution in [0.1, 0.15) is 55.4 Å². The van der Waals surface area contributed by atoms with E-state index < -0.39 is 0 Å². The fourth-order valence-corrected chi connectivity index (χ4v) is 4.68. The molecule has 182 valence electrons. The summed E-state index contributed by atoms with van der Waals surface area (Å²) in [5.74, 6) is 1.29. The molecule has 0 bridgehead atoms. The first-order valence-corrected chi connectivity index (χ1v) is 12.5. The Hall–Kier alpha value is -3.32. The van der Waals surface area contributed by atoms with Gasteiger partial charge in [0.15, 0.2) is 11.5 Å². The highest BCUT2D eigenvalue weighted by atomic mass is 16.1. The monoisotopic (exact) mass is 470 g/mol. The van der Waals surface area contributed by atoms with Crippen molar-refractivity contribution in [3.05, 3.63) is 71.3 Å². The van der Waals surface area contributed by atoms with Crippen LogP contribution in [-0.4, -0.2) is 42.1 Å². The van der Waals surface area contributed by atoms with E-state index >= 15 is 0 Å². The highest BCUT2D eigenvalue weighted by Gasteiger charge is 2.36. The Kier molecular flexibility index (Phi) is 6.28. The van der Waals surface area contributed by atoms with Gasteiger partial charge in [0.05, 0.1) is 11.4 Å². The summed E-state index contributed by atoms with van der Waals surface area (Å²) in [5.41, 5.74) is 6.40. The molecule has 1 saturated carbocycles. The van der Waals surface area contributed by atoms with E-state index in [9.17, 15) is 4.79 Å². The van der Waals surface area contributed by atoms with Crippen LogP contribution in [0, 0.1) is 18.8 Å². The fourth-order valence-electron chi connectivity index (χ4n) is 4.68. The van der Waals surface area contributed by atoms with Crippen LogP contribution < -0.4 is 0 Å². The number of Topliss-reactive ketones (excluding diaryl/α,β-unsaturated/α-hetero) is 1. The maximum Gasteiger partial charge on any atom is 0.156 e. The Labute approximate surface area is 206 Å². The number of aromatic nitrogens is 5. The molecule has 1 fully saturated rings. The summed E-state index contributed by atoms with van der Waals surface area (Å²) < 4.78 is 3.82. The minimum absolute atomic E-state index is 0.00310. The molecule has 3 aromatic heterocycles. The minimum atomic E-state index is -0.0605. The molecular formula is C28H34N6O. The molecule has 3 heterocycles. The number of ketones is 1. The lowest BCUT2D eigenvalue weighted by atomic mass is 9.89. The van der Waals surface area contributed by atoms with Crippen molar-refractivity contribution < 1.29 is 4.79 Å². The van der Waals surface area contributed by atoms with Gasteiger partial charge in [0.2, 0.25) is 0 Å². The first-order chi connectivity index (χ1) is 16.8. The Morgan fingerprint density at radius 2 is 1.83 bits per heavy atom. The third-order valence-electron chi connectivity index (χ3n) is 7.26. The molecule has 0 saturated heterocycles. The number of nitrogens with zero attached hydrogens (tertiary/aromatic N) is 6. The van der Waals surface area contributed by atoms with Crippen molar-refractivity contribution in [1.29, 1.82) is 0 Å². The average Bonchev–Trinajstić information content (AvgIpc) is 3.52. The smallest absolute Gasteiger partial charge is 0.156 e. The van der Waals surface area contributed by atoms with Gasteiger partial charge in [-0.05, 0) is 50.6 Å². The van der Waals surface area contributed by atoms with Crippen molar-refractivity contribution in [3.63, 3.8) is 0 Å². The van der Waals surface area contributed by atoms with Gasteiger partial charge in [0, 0.05) is 49.1 Å². The van der Waals surface area contributed by atoms with Crippen LogP contribution in [0.4, 0.5) is 0 Å². The van der Waals surface area contributed by atoms with E-state index in [1.165, 1.54) is 11.3 Å². The second-order valence-corrected chi connectivity index (χ2v) is 10.2. The second kappa shape index (κ2) is 9.38. The quantitative estimate of drug-likeness (QED) is 0.352. The highest BCUT2D eigenvalue weighted by molar-refractivity contribution is 5.85. The van der Waals surface area contributed by atoms with E-state index in [4.69, 9.17) is 10.1 Å². The van der Waals surface area contributed by atoms with Crippen molar-refractivity contribution in [2.45, 2.75) is 52.6 Å². The van der Waals surface area contributed by atoms with Gasteiger partial charge in [-0.25, -0.2) is 9.50 Å². The zero-order valence-electron chi connectivity index (χ0n) is 21.3. The number of carbonyl (C=O) groups excluding carboxylic acids is 1. The third-order valence-corrected chi connectivity index (χ3v) is 7.26. The maximum absolute atomic E-state index is 12.6. The predicted octanol–water partition coefficient (Wildman–Crippen LogP) is 4.79. The van der Waals surface area contributed by atoms with Crippen molar-refractivity contribution in [2.24, 2.45) is 18.9 Å². The molecule has 2 unspecified atom stereocenters.